The molecule has 3 aliphatic heterocycles. The summed E-state index contributed by atoms with van der Waals surface area (Å²) < 4.78 is 101. The van der Waals surface area contributed by atoms with Crippen LogP contribution in [0.1, 0.15) is 59.7 Å². The van der Waals surface area contributed by atoms with E-state index < -0.39 is 53.0 Å². The second-order valence-corrected chi connectivity index (χ2v) is 11.7. The van der Waals surface area contributed by atoms with Crippen LogP contribution in [0.25, 0.3) is 0 Å². The Labute approximate surface area is 244 Å². The summed E-state index contributed by atoms with van der Waals surface area (Å²) in [6.45, 7) is 4.83. The molecule has 13 heteroatoms. The van der Waals surface area contributed by atoms with Crippen molar-refractivity contribution < 1.29 is 45.1 Å². The summed E-state index contributed by atoms with van der Waals surface area (Å²) in [6.07, 6.45) is -9.20. The van der Waals surface area contributed by atoms with E-state index in [4.69, 9.17) is 4.74 Å². The number of aryl methyl sites for hydroxylation is 1. The van der Waals surface area contributed by atoms with Crippen molar-refractivity contribution >= 4 is 12.0 Å². The molecule has 5 atom stereocenters. The standard InChI is InChI=1S/C30H32F7N3O3/c1-16-10-20(31)5-7-22(16)27-24-14-39(21-12-26(41)43-15-21)13-18(24)8-9-40(27)28(42)38(3)17(2)23-6-4-19(29(32,33)34)11-25(23)30(35,36)37/h4-7,10-11,17-18,21,24,27H,8-9,12-15H2,1-3H3/t17?,18?,21?,24-,27+/m1/s1. The van der Waals surface area contributed by atoms with Crippen molar-refractivity contribution in [3.8, 4) is 0 Å². The number of carbonyl (C=O) groups is 2. The first-order valence-corrected chi connectivity index (χ1v) is 14.0. The largest absolute Gasteiger partial charge is 0.464 e. The maximum Gasteiger partial charge on any atom is 0.416 e. The van der Waals surface area contributed by atoms with Gasteiger partial charge in [-0.25, -0.2) is 9.18 Å². The number of carbonyl (C=O) groups excluding carboxylic acids is 2. The maximum absolute atomic E-state index is 14.1. The molecule has 0 spiro atoms. The molecule has 3 heterocycles. The number of fused-ring (bicyclic) bond motifs is 1. The molecule has 3 aliphatic rings. The highest BCUT2D eigenvalue weighted by molar-refractivity contribution is 5.76. The lowest BCUT2D eigenvalue weighted by Crippen LogP contribution is -2.51. The van der Waals surface area contributed by atoms with Gasteiger partial charge in [0.1, 0.15) is 12.4 Å². The van der Waals surface area contributed by atoms with E-state index in [1.54, 1.807) is 17.9 Å². The minimum atomic E-state index is -5.08. The molecule has 0 aromatic heterocycles. The van der Waals surface area contributed by atoms with Gasteiger partial charge >= 0.3 is 24.4 Å². The molecule has 3 fully saturated rings. The molecule has 6 nitrogen and oxygen atoms in total. The van der Waals surface area contributed by atoms with Crippen LogP contribution < -0.4 is 0 Å². The number of cyclic esters (lactones) is 1. The van der Waals surface area contributed by atoms with Gasteiger partial charge in [-0.3, -0.25) is 9.69 Å². The second kappa shape index (κ2) is 11.3. The van der Waals surface area contributed by atoms with Crippen LogP contribution in [0, 0.1) is 24.6 Å². The Morgan fingerprint density at radius 3 is 2.37 bits per heavy atom. The van der Waals surface area contributed by atoms with Gasteiger partial charge in [0, 0.05) is 32.6 Å². The lowest BCUT2D eigenvalue weighted by atomic mass is 9.78. The third-order valence-electron chi connectivity index (χ3n) is 9.17. The van der Waals surface area contributed by atoms with Crippen LogP contribution >= 0.6 is 0 Å². The number of amides is 2. The number of ether oxygens (including phenoxy) is 1. The molecule has 0 bridgehead atoms. The number of piperidine rings is 1. The van der Waals surface area contributed by atoms with Crippen molar-refractivity contribution in [1.82, 2.24) is 14.7 Å². The summed E-state index contributed by atoms with van der Waals surface area (Å²) in [6, 6.07) is 3.26. The number of alkyl halides is 6. The average molecular weight is 616 g/mol. The lowest BCUT2D eigenvalue weighted by molar-refractivity contribution is -0.144. The van der Waals surface area contributed by atoms with Gasteiger partial charge in [0.05, 0.1) is 35.7 Å². The van der Waals surface area contributed by atoms with Gasteiger partial charge in [-0.2, -0.15) is 26.3 Å². The third-order valence-corrected chi connectivity index (χ3v) is 9.17. The summed E-state index contributed by atoms with van der Waals surface area (Å²) in [5.74, 6) is -0.699. The summed E-state index contributed by atoms with van der Waals surface area (Å²) in [5, 5.41) is 0. The summed E-state index contributed by atoms with van der Waals surface area (Å²) in [7, 11) is 1.33. The predicted molar refractivity (Wildman–Crippen MR) is 141 cm³/mol. The van der Waals surface area contributed by atoms with Gasteiger partial charge in [0.25, 0.3) is 0 Å². The fourth-order valence-electron chi connectivity index (χ4n) is 6.80. The molecular weight excluding hydrogens is 583 g/mol. The zero-order valence-corrected chi connectivity index (χ0v) is 23.8. The minimum Gasteiger partial charge on any atom is -0.464 e. The van der Waals surface area contributed by atoms with Gasteiger partial charge in [-0.15, -0.1) is 0 Å². The number of likely N-dealkylation sites (tertiary alicyclic amines) is 2. The van der Waals surface area contributed by atoms with Gasteiger partial charge < -0.3 is 14.5 Å². The van der Waals surface area contributed by atoms with Gasteiger partial charge in [0.2, 0.25) is 0 Å². The van der Waals surface area contributed by atoms with E-state index in [1.165, 1.54) is 26.1 Å². The van der Waals surface area contributed by atoms with Crippen molar-refractivity contribution in [3.63, 3.8) is 0 Å². The van der Waals surface area contributed by atoms with Gasteiger partial charge in [-0.1, -0.05) is 12.1 Å². The molecule has 3 saturated heterocycles. The number of esters is 1. The molecule has 3 unspecified atom stereocenters. The first-order valence-electron chi connectivity index (χ1n) is 14.0. The van der Waals surface area contributed by atoms with Gasteiger partial charge in [0.15, 0.2) is 0 Å². The van der Waals surface area contributed by atoms with Crippen molar-refractivity contribution in [2.75, 3.05) is 33.3 Å². The van der Waals surface area contributed by atoms with E-state index in [2.05, 4.69) is 4.90 Å². The molecule has 0 radical (unpaired) electrons. The Bertz CT molecular complexity index is 1400. The second-order valence-electron chi connectivity index (χ2n) is 11.7. The van der Waals surface area contributed by atoms with Crippen molar-refractivity contribution in [3.05, 3.63) is 70.0 Å². The molecule has 2 aromatic carbocycles. The van der Waals surface area contributed by atoms with E-state index in [1.807, 2.05) is 0 Å². The molecular formula is C30H32F7N3O3. The predicted octanol–water partition coefficient (Wildman–Crippen LogP) is 6.60. The van der Waals surface area contributed by atoms with E-state index in [0.717, 1.165) is 11.0 Å². The number of hydrogen-bond donors (Lipinski definition) is 0. The van der Waals surface area contributed by atoms with Crippen LogP contribution in [-0.2, 0) is 21.9 Å². The minimum absolute atomic E-state index is 0.0743. The molecule has 5 rings (SSSR count). The molecule has 0 aliphatic carbocycles. The monoisotopic (exact) mass is 615 g/mol. The Hall–Kier alpha value is -3.35. The molecule has 0 saturated carbocycles. The first kappa shape index (κ1) is 31.1. The Morgan fingerprint density at radius 2 is 1.77 bits per heavy atom. The van der Waals surface area contributed by atoms with Crippen molar-refractivity contribution in [2.45, 2.75) is 57.2 Å². The van der Waals surface area contributed by atoms with E-state index in [9.17, 15) is 40.3 Å². The number of hydrogen-bond acceptors (Lipinski definition) is 4. The quantitative estimate of drug-likeness (QED) is 0.288. The maximum atomic E-state index is 14.1. The average Bonchev–Trinajstić information content (AvgIpc) is 3.56. The molecule has 2 amide bonds. The number of benzene rings is 2. The van der Waals surface area contributed by atoms with E-state index >= 15 is 0 Å². The molecule has 2 aromatic rings. The van der Waals surface area contributed by atoms with E-state index in [0.29, 0.717) is 36.7 Å². The summed E-state index contributed by atoms with van der Waals surface area (Å²) >= 11 is 0. The van der Waals surface area contributed by atoms with Gasteiger partial charge in [-0.05, 0) is 67.1 Å². The van der Waals surface area contributed by atoms with Crippen molar-refractivity contribution in [2.24, 2.45) is 11.8 Å². The zero-order valence-electron chi connectivity index (χ0n) is 23.8. The van der Waals surface area contributed by atoms with Crippen LogP contribution in [-0.4, -0.2) is 66.0 Å². The Morgan fingerprint density at radius 1 is 1.05 bits per heavy atom. The van der Waals surface area contributed by atoms with Crippen LogP contribution in [0.5, 0.6) is 0 Å². The Kier molecular flexibility index (Phi) is 8.16. The molecule has 0 N–H and O–H groups in total. The highest BCUT2D eigenvalue weighted by Crippen LogP contribution is 2.47. The smallest absolute Gasteiger partial charge is 0.416 e. The number of halogens is 7. The highest BCUT2D eigenvalue weighted by Gasteiger charge is 2.49. The number of nitrogens with zero attached hydrogens (tertiary/aromatic N) is 3. The first-order chi connectivity index (χ1) is 20.1. The van der Waals surface area contributed by atoms with E-state index in [-0.39, 0.29) is 49.5 Å². The Balaban J connectivity index is 1.47. The zero-order chi connectivity index (χ0) is 31.4. The summed E-state index contributed by atoms with van der Waals surface area (Å²) in [4.78, 5) is 30.7. The molecule has 234 valence electrons. The fourth-order valence-corrected chi connectivity index (χ4v) is 6.80. The molecule has 43 heavy (non-hydrogen) atoms. The highest BCUT2D eigenvalue weighted by atomic mass is 19.4. The SMILES string of the molecule is Cc1cc(F)ccc1[C@H]1[C@@H]2CN(C3COC(=O)C3)CC2CCN1C(=O)N(C)C(C)c1ccc(C(F)(F)F)cc1C(F)(F)F. The number of urea groups is 1. The van der Waals surface area contributed by atoms with Crippen LogP contribution in [0.3, 0.4) is 0 Å². The summed E-state index contributed by atoms with van der Waals surface area (Å²) in [5.41, 5.74) is -2.04. The number of rotatable bonds is 4. The third kappa shape index (κ3) is 6.05. The normalized spacial score (nSPS) is 25.4. The van der Waals surface area contributed by atoms with Crippen LogP contribution in [0.2, 0.25) is 0 Å². The van der Waals surface area contributed by atoms with Crippen LogP contribution in [0.4, 0.5) is 35.5 Å². The van der Waals surface area contributed by atoms with Crippen molar-refractivity contribution in [1.29, 1.82) is 0 Å². The lowest BCUT2D eigenvalue weighted by Gasteiger charge is -2.45. The topological polar surface area (TPSA) is 53.1 Å². The van der Waals surface area contributed by atoms with Crippen LogP contribution in [0.15, 0.2) is 36.4 Å². The fraction of sp³-hybridized carbons (Fsp3) is 0.533.